The van der Waals surface area contributed by atoms with Crippen LogP contribution in [0, 0.1) is 11.6 Å². The highest BCUT2D eigenvalue weighted by Gasteiger charge is 2.20. The Kier molecular flexibility index (Phi) is 3.59. The van der Waals surface area contributed by atoms with E-state index in [0.29, 0.717) is 16.9 Å². The SMILES string of the molecule is CC(Cl)c1nc2ccc(F)cc2n1-c1cccc(Cl)c1F. The van der Waals surface area contributed by atoms with Gasteiger partial charge in [0.15, 0.2) is 5.82 Å². The van der Waals surface area contributed by atoms with E-state index in [1.54, 1.807) is 19.1 Å². The van der Waals surface area contributed by atoms with Crippen LogP contribution in [0.1, 0.15) is 18.1 Å². The number of halogens is 4. The zero-order chi connectivity index (χ0) is 15.1. The maximum absolute atomic E-state index is 14.3. The molecule has 0 aliphatic carbocycles. The number of imidazole rings is 1. The van der Waals surface area contributed by atoms with E-state index in [1.807, 2.05) is 0 Å². The second-order valence-corrected chi connectivity index (χ2v) is 5.69. The number of alkyl halides is 1. The van der Waals surface area contributed by atoms with Crippen molar-refractivity contribution in [1.82, 2.24) is 9.55 Å². The van der Waals surface area contributed by atoms with Gasteiger partial charge >= 0.3 is 0 Å². The van der Waals surface area contributed by atoms with Crippen molar-refractivity contribution >= 4 is 34.2 Å². The number of hydrogen-bond acceptors (Lipinski definition) is 1. The van der Waals surface area contributed by atoms with E-state index in [2.05, 4.69) is 4.98 Å². The second kappa shape index (κ2) is 5.28. The lowest BCUT2D eigenvalue weighted by Crippen LogP contribution is -2.04. The highest BCUT2D eigenvalue weighted by molar-refractivity contribution is 6.30. The summed E-state index contributed by atoms with van der Waals surface area (Å²) in [5.74, 6) is -0.598. The van der Waals surface area contributed by atoms with Crippen molar-refractivity contribution in [3.05, 3.63) is 58.9 Å². The van der Waals surface area contributed by atoms with Crippen molar-refractivity contribution < 1.29 is 8.78 Å². The first-order chi connectivity index (χ1) is 9.99. The first-order valence-electron chi connectivity index (χ1n) is 6.25. The minimum absolute atomic E-state index is 0.0149. The fraction of sp³-hybridized carbons (Fsp3) is 0.133. The third kappa shape index (κ3) is 2.39. The topological polar surface area (TPSA) is 17.8 Å². The molecular weight excluding hydrogens is 317 g/mol. The molecule has 0 bridgehead atoms. The normalized spacial score (nSPS) is 12.8. The van der Waals surface area contributed by atoms with Gasteiger partial charge in [0.05, 0.1) is 27.1 Å². The molecule has 1 unspecified atom stereocenters. The third-order valence-corrected chi connectivity index (χ3v) is 3.66. The van der Waals surface area contributed by atoms with Crippen LogP contribution in [0.3, 0.4) is 0 Å². The Morgan fingerprint density at radius 1 is 1.19 bits per heavy atom. The summed E-state index contributed by atoms with van der Waals surface area (Å²) in [5.41, 5.74) is 1.18. The zero-order valence-electron chi connectivity index (χ0n) is 10.9. The van der Waals surface area contributed by atoms with Crippen LogP contribution in [-0.2, 0) is 0 Å². The molecule has 0 aliphatic heterocycles. The molecule has 0 spiro atoms. The van der Waals surface area contributed by atoms with Crippen LogP contribution >= 0.6 is 23.2 Å². The Bertz CT molecular complexity index is 828. The summed E-state index contributed by atoms with van der Waals surface area (Å²) in [4.78, 5) is 4.36. The van der Waals surface area contributed by atoms with E-state index in [0.717, 1.165) is 0 Å². The van der Waals surface area contributed by atoms with Crippen molar-refractivity contribution in [2.75, 3.05) is 0 Å². The Balaban J connectivity index is 2.41. The predicted octanol–water partition coefficient (Wildman–Crippen LogP) is 5.26. The van der Waals surface area contributed by atoms with Crippen LogP contribution in [0.2, 0.25) is 5.02 Å². The highest BCUT2D eigenvalue weighted by atomic mass is 35.5. The summed E-state index contributed by atoms with van der Waals surface area (Å²) in [7, 11) is 0. The van der Waals surface area contributed by atoms with Gasteiger partial charge < -0.3 is 0 Å². The lowest BCUT2D eigenvalue weighted by atomic mass is 10.2. The van der Waals surface area contributed by atoms with Crippen LogP contribution in [-0.4, -0.2) is 9.55 Å². The Labute approximate surface area is 129 Å². The van der Waals surface area contributed by atoms with Crippen molar-refractivity contribution in [2.45, 2.75) is 12.3 Å². The fourth-order valence-corrected chi connectivity index (χ4v) is 2.57. The standard InChI is InChI=1S/C15H10Cl2F2N2/c1-8(16)15-20-11-6-5-9(18)7-13(11)21(15)12-4-2-3-10(17)14(12)19/h2-8H,1H3. The van der Waals surface area contributed by atoms with E-state index in [4.69, 9.17) is 23.2 Å². The predicted molar refractivity (Wildman–Crippen MR) is 80.3 cm³/mol. The molecule has 2 aromatic carbocycles. The molecule has 108 valence electrons. The molecule has 1 heterocycles. The Morgan fingerprint density at radius 2 is 1.95 bits per heavy atom. The number of nitrogens with zero attached hydrogens (tertiary/aromatic N) is 2. The average molecular weight is 327 g/mol. The molecule has 0 saturated carbocycles. The number of benzene rings is 2. The smallest absolute Gasteiger partial charge is 0.165 e. The van der Waals surface area contributed by atoms with Gasteiger partial charge in [0.2, 0.25) is 0 Å². The molecule has 21 heavy (non-hydrogen) atoms. The monoisotopic (exact) mass is 326 g/mol. The van der Waals surface area contributed by atoms with Crippen molar-refractivity contribution in [1.29, 1.82) is 0 Å². The highest BCUT2D eigenvalue weighted by Crippen LogP contribution is 2.31. The number of aromatic nitrogens is 2. The molecule has 0 aliphatic rings. The maximum Gasteiger partial charge on any atom is 0.165 e. The molecule has 1 atom stereocenters. The van der Waals surface area contributed by atoms with Crippen molar-refractivity contribution in [2.24, 2.45) is 0 Å². The van der Waals surface area contributed by atoms with Gasteiger partial charge in [-0.3, -0.25) is 4.57 Å². The summed E-state index contributed by atoms with van der Waals surface area (Å²) in [5, 5.41) is -0.488. The average Bonchev–Trinajstić information content (AvgIpc) is 2.80. The van der Waals surface area contributed by atoms with E-state index < -0.39 is 17.0 Å². The summed E-state index contributed by atoms with van der Waals surface area (Å²) >= 11 is 12.0. The van der Waals surface area contributed by atoms with Gasteiger partial charge in [0.1, 0.15) is 11.6 Å². The second-order valence-electron chi connectivity index (χ2n) is 4.63. The molecule has 1 aromatic heterocycles. The molecule has 3 rings (SSSR count). The molecule has 0 radical (unpaired) electrons. The van der Waals surface area contributed by atoms with Gasteiger partial charge in [-0.15, -0.1) is 11.6 Å². The fourth-order valence-electron chi connectivity index (χ4n) is 2.25. The summed E-state index contributed by atoms with van der Waals surface area (Å²) in [6.45, 7) is 1.72. The van der Waals surface area contributed by atoms with E-state index >= 15 is 0 Å². The molecule has 0 amide bonds. The van der Waals surface area contributed by atoms with Crippen molar-refractivity contribution in [3.63, 3.8) is 0 Å². The Hall–Kier alpha value is -1.65. The van der Waals surface area contributed by atoms with Gasteiger partial charge in [-0.1, -0.05) is 17.7 Å². The third-order valence-electron chi connectivity index (χ3n) is 3.17. The number of fused-ring (bicyclic) bond motifs is 1. The largest absolute Gasteiger partial charge is 0.292 e. The lowest BCUT2D eigenvalue weighted by Gasteiger charge is -2.12. The quantitative estimate of drug-likeness (QED) is 0.587. The molecule has 3 aromatic rings. The van der Waals surface area contributed by atoms with E-state index in [9.17, 15) is 8.78 Å². The van der Waals surface area contributed by atoms with E-state index in [1.165, 1.54) is 28.8 Å². The lowest BCUT2D eigenvalue weighted by molar-refractivity contribution is 0.615. The molecule has 0 saturated heterocycles. The molecule has 6 heteroatoms. The van der Waals surface area contributed by atoms with E-state index in [-0.39, 0.29) is 10.7 Å². The Morgan fingerprint density at radius 3 is 2.67 bits per heavy atom. The first-order valence-corrected chi connectivity index (χ1v) is 7.07. The van der Waals surface area contributed by atoms with Gasteiger partial charge in [-0.2, -0.15) is 0 Å². The summed E-state index contributed by atoms with van der Waals surface area (Å²) in [6.07, 6.45) is 0. The first kappa shape index (κ1) is 14.3. The van der Waals surface area contributed by atoms with Crippen LogP contribution in [0.25, 0.3) is 16.7 Å². The maximum atomic E-state index is 14.3. The van der Waals surface area contributed by atoms with Crippen LogP contribution in [0.4, 0.5) is 8.78 Å². The van der Waals surface area contributed by atoms with Gasteiger partial charge in [0, 0.05) is 6.07 Å². The van der Waals surface area contributed by atoms with Crippen LogP contribution in [0.15, 0.2) is 36.4 Å². The molecule has 0 fully saturated rings. The van der Waals surface area contributed by atoms with Gasteiger partial charge in [-0.25, -0.2) is 13.8 Å². The van der Waals surface area contributed by atoms with Crippen molar-refractivity contribution in [3.8, 4) is 5.69 Å². The van der Waals surface area contributed by atoms with Crippen LogP contribution in [0.5, 0.6) is 0 Å². The van der Waals surface area contributed by atoms with Gasteiger partial charge in [0.25, 0.3) is 0 Å². The molecule has 0 N–H and O–H groups in total. The zero-order valence-corrected chi connectivity index (χ0v) is 12.5. The minimum atomic E-state index is -0.596. The molecular formula is C15H10Cl2F2N2. The van der Waals surface area contributed by atoms with Crippen LogP contribution < -0.4 is 0 Å². The summed E-state index contributed by atoms with van der Waals surface area (Å²) in [6, 6.07) is 8.75. The summed E-state index contributed by atoms with van der Waals surface area (Å²) < 4.78 is 29.3. The molecule has 2 nitrogen and oxygen atoms in total. The minimum Gasteiger partial charge on any atom is -0.292 e. The number of rotatable bonds is 2. The number of hydrogen-bond donors (Lipinski definition) is 0. The van der Waals surface area contributed by atoms with Gasteiger partial charge in [-0.05, 0) is 31.2 Å².